The van der Waals surface area contributed by atoms with E-state index in [1.54, 1.807) is 45.9 Å². The van der Waals surface area contributed by atoms with Crippen molar-refractivity contribution in [3.05, 3.63) is 59.7 Å². The molecule has 9 heteroatoms. The van der Waals surface area contributed by atoms with Crippen LogP contribution in [0.15, 0.2) is 48.5 Å². The quantitative estimate of drug-likeness (QED) is 0.465. The molecule has 1 N–H and O–H groups in total. The first-order valence-corrected chi connectivity index (χ1v) is 9.30. The molecule has 1 saturated heterocycles. The van der Waals surface area contributed by atoms with Crippen molar-refractivity contribution >= 4 is 30.0 Å². The van der Waals surface area contributed by atoms with Gasteiger partial charge in [-0.2, -0.15) is 13.2 Å². The predicted octanol–water partition coefficient (Wildman–Crippen LogP) is 3.83. The van der Waals surface area contributed by atoms with Crippen LogP contribution in [-0.2, 0) is 20.3 Å². The van der Waals surface area contributed by atoms with Crippen LogP contribution in [0.1, 0.15) is 43.6 Å². The molecule has 30 heavy (non-hydrogen) atoms. The molecule has 1 aliphatic heterocycles. The SMILES string of the molecule is CC1(C)OB(c2c(NC(=O)C(=O)c3ccccc3)cccc2C(F)(F)F)OC1(C)C. The monoisotopic (exact) mass is 419 g/mol. The van der Waals surface area contributed by atoms with Crippen molar-refractivity contribution in [2.45, 2.75) is 45.1 Å². The van der Waals surface area contributed by atoms with E-state index in [1.165, 1.54) is 18.2 Å². The second-order valence-corrected chi connectivity index (χ2v) is 8.00. The van der Waals surface area contributed by atoms with Crippen molar-refractivity contribution in [2.24, 2.45) is 0 Å². The molecule has 1 heterocycles. The minimum atomic E-state index is -4.72. The lowest BCUT2D eigenvalue weighted by Gasteiger charge is -2.32. The highest BCUT2D eigenvalue weighted by Gasteiger charge is 2.54. The molecule has 2 aromatic carbocycles. The lowest BCUT2D eigenvalue weighted by Crippen LogP contribution is -2.41. The lowest BCUT2D eigenvalue weighted by atomic mass is 9.74. The average Bonchev–Trinajstić information content (AvgIpc) is 2.88. The van der Waals surface area contributed by atoms with E-state index in [4.69, 9.17) is 9.31 Å². The normalized spacial score (nSPS) is 17.6. The van der Waals surface area contributed by atoms with Gasteiger partial charge in [0.2, 0.25) is 0 Å². The van der Waals surface area contributed by atoms with E-state index in [-0.39, 0.29) is 16.7 Å². The average molecular weight is 419 g/mol. The van der Waals surface area contributed by atoms with Gasteiger partial charge in [-0.1, -0.05) is 42.5 Å². The van der Waals surface area contributed by atoms with Gasteiger partial charge < -0.3 is 14.6 Å². The zero-order chi connectivity index (χ0) is 22.3. The Morgan fingerprint density at radius 1 is 0.900 bits per heavy atom. The van der Waals surface area contributed by atoms with Gasteiger partial charge in [0, 0.05) is 16.7 Å². The summed E-state index contributed by atoms with van der Waals surface area (Å²) in [6.07, 6.45) is -4.72. The summed E-state index contributed by atoms with van der Waals surface area (Å²) in [5, 5.41) is 2.30. The highest BCUT2D eigenvalue weighted by Crippen LogP contribution is 2.39. The molecule has 1 amide bonds. The van der Waals surface area contributed by atoms with E-state index in [2.05, 4.69) is 5.32 Å². The zero-order valence-corrected chi connectivity index (χ0v) is 17.0. The van der Waals surface area contributed by atoms with Crippen molar-refractivity contribution in [3.8, 4) is 0 Å². The molecule has 0 bridgehead atoms. The Bertz CT molecular complexity index is 958. The number of hydrogen-bond donors (Lipinski definition) is 1. The number of hydrogen-bond acceptors (Lipinski definition) is 4. The number of carbonyl (C=O) groups excluding carboxylic acids is 2. The fourth-order valence-electron chi connectivity index (χ4n) is 3.04. The summed E-state index contributed by atoms with van der Waals surface area (Å²) < 4.78 is 52.8. The summed E-state index contributed by atoms with van der Waals surface area (Å²) in [6, 6.07) is 11.1. The van der Waals surface area contributed by atoms with Gasteiger partial charge in [-0.25, -0.2) is 0 Å². The van der Waals surface area contributed by atoms with E-state index < -0.39 is 41.8 Å². The van der Waals surface area contributed by atoms with Gasteiger partial charge in [-0.15, -0.1) is 0 Å². The molecular weight excluding hydrogens is 398 g/mol. The first-order valence-electron chi connectivity index (χ1n) is 9.30. The van der Waals surface area contributed by atoms with E-state index in [1.807, 2.05) is 0 Å². The number of rotatable bonds is 4. The number of nitrogens with one attached hydrogen (secondary N) is 1. The van der Waals surface area contributed by atoms with Gasteiger partial charge in [-0.05, 0) is 33.8 Å². The number of carbonyl (C=O) groups is 2. The fraction of sp³-hybridized carbons (Fsp3) is 0.333. The molecular formula is C21H21BF3NO4. The topological polar surface area (TPSA) is 64.6 Å². The molecule has 5 nitrogen and oxygen atoms in total. The molecule has 1 aliphatic rings. The van der Waals surface area contributed by atoms with E-state index in [0.717, 1.165) is 12.1 Å². The van der Waals surface area contributed by atoms with Crippen LogP contribution in [0.2, 0.25) is 0 Å². The molecule has 0 aliphatic carbocycles. The number of Topliss-reactive ketones (excluding diaryl/α,β-unsaturated/α-hetero) is 1. The van der Waals surface area contributed by atoms with Crippen LogP contribution in [0.5, 0.6) is 0 Å². The standard InChI is InChI=1S/C21H21BF3NO4/c1-19(2)20(3,4)30-22(29-19)16-14(21(23,24)25)11-8-12-15(16)26-18(28)17(27)13-9-6-5-7-10-13/h5-12H,1-4H3,(H,26,28). The third-order valence-electron chi connectivity index (χ3n) is 5.39. The summed E-state index contributed by atoms with van der Waals surface area (Å²) in [4.78, 5) is 24.8. The Morgan fingerprint density at radius 2 is 1.47 bits per heavy atom. The Labute approximate surface area is 172 Å². The van der Waals surface area contributed by atoms with E-state index in [9.17, 15) is 22.8 Å². The summed E-state index contributed by atoms with van der Waals surface area (Å²) in [7, 11) is -1.38. The number of alkyl halides is 3. The maximum atomic E-state index is 13.7. The highest BCUT2D eigenvalue weighted by molar-refractivity contribution is 6.65. The highest BCUT2D eigenvalue weighted by atomic mass is 19.4. The molecule has 0 aromatic heterocycles. The summed E-state index contributed by atoms with van der Waals surface area (Å²) >= 11 is 0. The van der Waals surface area contributed by atoms with Crippen LogP contribution in [0.3, 0.4) is 0 Å². The van der Waals surface area contributed by atoms with Crippen LogP contribution in [0, 0.1) is 0 Å². The second kappa shape index (κ2) is 7.56. The molecule has 1 fully saturated rings. The summed E-state index contributed by atoms with van der Waals surface area (Å²) in [6.45, 7) is 6.83. The Balaban J connectivity index is 2.02. The zero-order valence-electron chi connectivity index (χ0n) is 17.0. The fourth-order valence-corrected chi connectivity index (χ4v) is 3.04. The Hall–Kier alpha value is -2.65. The Morgan fingerprint density at radius 3 is 2.00 bits per heavy atom. The summed E-state index contributed by atoms with van der Waals surface area (Å²) in [5.74, 6) is -1.92. The smallest absolute Gasteiger partial charge is 0.399 e. The predicted molar refractivity (Wildman–Crippen MR) is 107 cm³/mol. The maximum absolute atomic E-state index is 13.7. The number of amides is 1. The van der Waals surface area contributed by atoms with Gasteiger partial charge in [0.05, 0.1) is 16.8 Å². The molecule has 0 saturated carbocycles. The van der Waals surface area contributed by atoms with Crippen LogP contribution in [0.4, 0.5) is 18.9 Å². The first kappa shape index (κ1) is 22.0. The largest absolute Gasteiger partial charge is 0.497 e. The second-order valence-electron chi connectivity index (χ2n) is 8.00. The van der Waals surface area contributed by atoms with E-state index in [0.29, 0.717) is 0 Å². The van der Waals surface area contributed by atoms with Crippen LogP contribution in [-0.4, -0.2) is 30.0 Å². The maximum Gasteiger partial charge on any atom is 0.497 e. The van der Waals surface area contributed by atoms with Gasteiger partial charge in [0.25, 0.3) is 11.7 Å². The minimum absolute atomic E-state index is 0.124. The molecule has 158 valence electrons. The molecule has 0 atom stereocenters. The van der Waals surface area contributed by atoms with E-state index >= 15 is 0 Å². The van der Waals surface area contributed by atoms with Crippen molar-refractivity contribution in [1.82, 2.24) is 0 Å². The lowest BCUT2D eigenvalue weighted by molar-refractivity contribution is -0.136. The van der Waals surface area contributed by atoms with Crippen molar-refractivity contribution in [1.29, 1.82) is 0 Å². The molecule has 2 aromatic rings. The van der Waals surface area contributed by atoms with Gasteiger partial charge in [0.15, 0.2) is 0 Å². The van der Waals surface area contributed by atoms with Crippen LogP contribution >= 0.6 is 0 Å². The van der Waals surface area contributed by atoms with Gasteiger partial charge in [-0.3, -0.25) is 9.59 Å². The number of halogens is 3. The van der Waals surface area contributed by atoms with Crippen LogP contribution < -0.4 is 10.8 Å². The van der Waals surface area contributed by atoms with Crippen molar-refractivity contribution < 1.29 is 32.1 Å². The third kappa shape index (κ3) is 4.13. The molecule has 3 rings (SSSR count). The number of benzene rings is 2. The molecule has 0 radical (unpaired) electrons. The Kier molecular flexibility index (Phi) is 5.55. The number of ketones is 1. The van der Waals surface area contributed by atoms with Crippen molar-refractivity contribution in [3.63, 3.8) is 0 Å². The van der Waals surface area contributed by atoms with Crippen molar-refractivity contribution in [2.75, 3.05) is 5.32 Å². The molecule has 0 unspecified atom stereocenters. The van der Waals surface area contributed by atoms with Gasteiger partial charge >= 0.3 is 13.3 Å². The summed E-state index contributed by atoms with van der Waals surface area (Å²) in [5.41, 5.74) is -3.24. The van der Waals surface area contributed by atoms with Crippen LogP contribution in [0.25, 0.3) is 0 Å². The van der Waals surface area contributed by atoms with Gasteiger partial charge in [0.1, 0.15) is 0 Å². The number of anilines is 1. The first-order chi connectivity index (χ1) is 13.8. The molecule has 0 spiro atoms. The minimum Gasteiger partial charge on any atom is -0.399 e. The third-order valence-corrected chi connectivity index (χ3v) is 5.39.